The van der Waals surface area contributed by atoms with E-state index in [-0.39, 0.29) is 22.2 Å². The van der Waals surface area contributed by atoms with E-state index in [2.05, 4.69) is 9.71 Å². The van der Waals surface area contributed by atoms with Crippen LogP contribution in [0.1, 0.15) is 56.6 Å². The zero-order valence-electron chi connectivity index (χ0n) is 17.9. The summed E-state index contributed by atoms with van der Waals surface area (Å²) in [5.74, 6) is -2.60. The number of rotatable bonds is 7. The maximum absolute atomic E-state index is 13.3. The largest absolute Gasteiger partial charge is 0.475 e. The second-order valence-electron chi connectivity index (χ2n) is 8.26. The number of Topliss-reactive ketones (excluding diaryl/α,β-unsaturated/α-hetero) is 1. The van der Waals surface area contributed by atoms with E-state index in [0.29, 0.717) is 35.2 Å². The molecule has 1 aliphatic heterocycles. The molecular formula is C24H26N2O5S. The first-order chi connectivity index (χ1) is 15.3. The molecular weight excluding hydrogens is 428 g/mol. The predicted molar refractivity (Wildman–Crippen MR) is 121 cm³/mol. The van der Waals surface area contributed by atoms with Gasteiger partial charge in [0.2, 0.25) is 10.0 Å². The third-order valence-electron chi connectivity index (χ3n) is 6.15. The summed E-state index contributed by atoms with van der Waals surface area (Å²) in [7, 11) is -3.78. The van der Waals surface area contributed by atoms with E-state index >= 15 is 0 Å². The normalized spacial score (nSPS) is 18.9. The van der Waals surface area contributed by atoms with E-state index in [1.54, 1.807) is 24.3 Å². The SMILES string of the molecule is CCc1ccc(C2=NC3=CC=CCC3=C2C(=O)C(=O)O)cc1S(=O)(=O)NC1CCCCC1. The molecule has 168 valence electrons. The average molecular weight is 455 g/mol. The molecule has 1 fully saturated rings. The third kappa shape index (κ3) is 4.25. The van der Waals surface area contributed by atoms with E-state index in [1.165, 1.54) is 6.07 Å². The highest BCUT2D eigenvalue weighted by Crippen LogP contribution is 2.35. The van der Waals surface area contributed by atoms with E-state index < -0.39 is 21.8 Å². The molecule has 2 aliphatic carbocycles. The lowest BCUT2D eigenvalue weighted by Crippen LogP contribution is -2.36. The van der Waals surface area contributed by atoms with Gasteiger partial charge in [-0.1, -0.05) is 50.5 Å². The van der Waals surface area contributed by atoms with E-state index in [0.717, 1.165) is 32.1 Å². The first-order valence-corrected chi connectivity index (χ1v) is 12.4. The summed E-state index contributed by atoms with van der Waals surface area (Å²) in [6.07, 6.45) is 11.0. The highest BCUT2D eigenvalue weighted by molar-refractivity contribution is 7.89. The molecule has 8 heteroatoms. The van der Waals surface area contributed by atoms with Gasteiger partial charge < -0.3 is 5.11 Å². The van der Waals surface area contributed by atoms with Gasteiger partial charge in [-0.25, -0.2) is 22.9 Å². The Labute approximate surface area is 187 Å². The van der Waals surface area contributed by atoms with Crippen molar-refractivity contribution in [2.24, 2.45) is 4.99 Å². The van der Waals surface area contributed by atoms with E-state index in [9.17, 15) is 23.1 Å². The Balaban J connectivity index is 1.77. The minimum atomic E-state index is -3.78. The van der Waals surface area contributed by atoms with Crippen molar-refractivity contribution in [1.29, 1.82) is 0 Å². The van der Waals surface area contributed by atoms with Crippen LogP contribution in [0.2, 0.25) is 0 Å². The van der Waals surface area contributed by atoms with Crippen LogP contribution in [0, 0.1) is 0 Å². The minimum Gasteiger partial charge on any atom is -0.475 e. The van der Waals surface area contributed by atoms with Crippen molar-refractivity contribution in [3.8, 4) is 0 Å². The molecule has 0 radical (unpaired) electrons. The summed E-state index contributed by atoms with van der Waals surface area (Å²) in [5, 5.41) is 9.36. The Morgan fingerprint density at radius 1 is 1.19 bits per heavy atom. The molecule has 1 saturated carbocycles. The van der Waals surface area contributed by atoms with Gasteiger partial charge in [0.05, 0.1) is 21.9 Å². The maximum Gasteiger partial charge on any atom is 0.377 e. The number of ketones is 1. The lowest BCUT2D eigenvalue weighted by atomic mass is 9.92. The van der Waals surface area contributed by atoms with Gasteiger partial charge in [-0.05, 0) is 49.0 Å². The Morgan fingerprint density at radius 2 is 1.94 bits per heavy atom. The zero-order valence-corrected chi connectivity index (χ0v) is 18.7. The van der Waals surface area contributed by atoms with Crippen LogP contribution in [-0.4, -0.2) is 37.0 Å². The number of hydrogen-bond acceptors (Lipinski definition) is 5. The Hall–Kier alpha value is -2.84. The summed E-state index contributed by atoms with van der Waals surface area (Å²) in [4.78, 5) is 28.7. The number of aliphatic carboxylic acids is 1. The van der Waals surface area contributed by atoms with Gasteiger partial charge in [0.25, 0.3) is 5.78 Å². The number of nitrogens with one attached hydrogen (secondary N) is 1. The van der Waals surface area contributed by atoms with E-state index in [4.69, 9.17) is 0 Å². The van der Waals surface area contributed by atoms with Gasteiger partial charge in [-0.3, -0.25) is 4.79 Å². The first-order valence-electron chi connectivity index (χ1n) is 10.9. The number of carboxylic acids is 1. The minimum absolute atomic E-state index is 0.0286. The number of allylic oxidation sites excluding steroid dienone is 4. The molecule has 32 heavy (non-hydrogen) atoms. The standard InChI is InChI=1S/C24H26N2O5S/c1-2-15-12-13-16(14-20(15)32(30,31)26-17-8-4-3-5-9-17)22-21(23(27)24(28)29)18-10-6-7-11-19(18)25-22/h6-7,11-14,17,26H,2-5,8-10H2,1H3,(H,28,29). The fraction of sp³-hybridized carbons (Fsp3) is 0.375. The molecule has 2 N–H and O–H groups in total. The van der Waals surface area contributed by atoms with Crippen molar-refractivity contribution < 1.29 is 23.1 Å². The van der Waals surface area contributed by atoms with E-state index in [1.807, 2.05) is 13.0 Å². The molecule has 0 atom stereocenters. The Kier molecular flexibility index (Phi) is 6.26. The van der Waals surface area contributed by atoms with Gasteiger partial charge in [-0.2, -0.15) is 0 Å². The molecule has 1 aromatic carbocycles. The molecule has 1 heterocycles. The van der Waals surface area contributed by atoms with Crippen LogP contribution in [0.3, 0.4) is 0 Å². The van der Waals surface area contributed by atoms with Gasteiger partial charge >= 0.3 is 5.97 Å². The summed E-state index contributed by atoms with van der Waals surface area (Å²) in [6, 6.07) is 4.86. The number of fused-ring (bicyclic) bond motifs is 1. The van der Waals surface area contributed by atoms with Gasteiger partial charge in [0.15, 0.2) is 0 Å². The van der Waals surface area contributed by atoms with Crippen molar-refractivity contribution in [3.63, 3.8) is 0 Å². The average Bonchev–Trinajstić information content (AvgIpc) is 3.18. The topological polar surface area (TPSA) is 113 Å². The summed E-state index contributed by atoms with van der Waals surface area (Å²) in [6.45, 7) is 1.88. The lowest BCUT2D eigenvalue weighted by molar-refractivity contribution is -0.147. The molecule has 0 aromatic heterocycles. The first kappa shape index (κ1) is 22.4. The molecule has 0 spiro atoms. The number of benzene rings is 1. The zero-order chi connectivity index (χ0) is 22.9. The number of nitrogens with zero attached hydrogens (tertiary/aromatic N) is 1. The monoisotopic (exact) mass is 454 g/mol. The third-order valence-corrected chi connectivity index (χ3v) is 7.75. The molecule has 0 saturated heterocycles. The number of carbonyl (C=O) groups excluding carboxylic acids is 1. The van der Waals surface area contributed by atoms with Gasteiger partial charge in [0.1, 0.15) is 0 Å². The van der Waals surface area contributed by atoms with Crippen LogP contribution in [-0.2, 0) is 26.0 Å². The van der Waals surface area contributed by atoms with Crippen LogP contribution in [0.25, 0.3) is 0 Å². The van der Waals surface area contributed by atoms with Gasteiger partial charge in [0, 0.05) is 11.6 Å². The highest BCUT2D eigenvalue weighted by Gasteiger charge is 2.34. The number of sulfonamides is 1. The summed E-state index contributed by atoms with van der Waals surface area (Å²) >= 11 is 0. The van der Waals surface area contributed by atoms with Crippen LogP contribution in [0.15, 0.2) is 63.2 Å². The fourth-order valence-corrected chi connectivity index (χ4v) is 6.15. The molecule has 1 aromatic rings. The molecule has 0 bridgehead atoms. The molecule has 3 aliphatic rings. The number of aliphatic imine (C=N–C) groups is 1. The number of carbonyl (C=O) groups is 2. The highest BCUT2D eigenvalue weighted by atomic mass is 32.2. The number of hydrogen-bond donors (Lipinski definition) is 2. The molecule has 7 nitrogen and oxygen atoms in total. The van der Waals surface area contributed by atoms with Crippen molar-refractivity contribution in [3.05, 3.63) is 64.4 Å². The van der Waals surface area contributed by atoms with Gasteiger partial charge in [-0.15, -0.1) is 0 Å². The number of carboxylic acid groups (broad SMARTS) is 1. The molecule has 4 rings (SSSR count). The van der Waals surface area contributed by atoms with Crippen LogP contribution >= 0.6 is 0 Å². The fourth-order valence-electron chi connectivity index (χ4n) is 4.51. The smallest absolute Gasteiger partial charge is 0.377 e. The number of aryl methyl sites for hydroxylation is 1. The van der Waals surface area contributed by atoms with Crippen LogP contribution in [0.4, 0.5) is 0 Å². The predicted octanol–water partition coefficient (Wildman–Crippen LogP) is 3.46. The summed E-state index contributed by atoms with van der Waals surface area (Å²) in [5.41, 5.74) is 2.40. The Morgan fingerprint density at radius 3 is 2.62 bits per heavy atom. The van der Waals surface area contributed by atoms with Crippen LogP contribution < -0.4 is 4.72 Å². The van der Waals surface area contributed by atoms with Crippen molar-refractivity contribution in [1.82, 2.24) is 4.72 Å². The molecule has 0 unspecified atom stereocenters. The van der Waals surface area contributed by atoms with Crippen molar-refractivity contribution in [2.45, 2.75) is 62.8 Å². The second-order valence-corrected chi connectivity index (χ2v) is 9.95. The second kappa shape index (κ2) is 8.96. The van der Waals surface area contributed by atoms with Crippen molar-refractivity contribution in [2.75, 3.05) is 0 Å². The lowest BCUT2D eigenvalue weighted by Gasteiger charge is -2.23. The van der Waals surface area contributed by atoms with Crippen molar-refractivity contribution >= 4 is 27.5 Å². The summed E-state index contributed by atoms with van der Waals surface area (Å²) < 4.78 is 29.4. The molecule has 0 amide bonds. The van der Waals surface area contributed by atoms with Crippen LogP contribution in [0.5, 0.6) is 0 Å². The Bertz CT molecular complexity index is 1200. The quantitative estimate of drug-likeness (QED) is 0.613. The maximum atomic E-state index is 13.3.